The van der Waals surface area contributed by atoms with Crippen molar-refractivity contribution in [2.24, 2.45) is 0 Å². The number of rotatable bonds is 6. The van der Waals surface area contributed by atoms with E-state index < -0.39 is 17.7 Å². The van der Waals surface area contributed by atoms with Gasteiger partial charge < -0.3 is 25.0 Å². The van der Waals surface area contributed by atoms with Crippen LogP contribution in [0.5, 0.6) is 5.75 Å². The Kier molecular flexibility index (Phi) is 5.52. The summed E-state index contributed by atoms with van der Waals surface area (Å²) in [5, 5.41) is 21.7. The van der Waals surface area contributed by atoms with Gasteiger partial charge in [-0.1, -0.05) is 30.3 Å². The first-order valence-electron chi connectivity index (χ1n) is 10.2. The third kappa shape index (κ3) is 3.80. The number of phenolic OH excluding ortho intramolecular Hbond substituents is 1. The van der Waals surface area contributed by atoms with E-state index in [1.807, 2.05) is 43.3 Å². The monoisotopic (exact) mass is 419 g/mol. The minimum absolute atomic E-state index is 0.0605. The van der Waals surface area contributed by atoms with E-state index in [-0.39, 0.29) is 17.1 Å². The molecule has 1 fully saturated rings. The maximum Gasteiger partial charge on any atom is 0.295 e. The molecule has 160 valence electrons. The first-order chi connectivity index (χ1) is 14.9. The minimum Gasteiger partial charge on any atom is -0.508 e. The standard InChI is InChI=1S/C24H25N3O4/c1-26(2)12-5-13-27-21(15-8-10-16(28)11-9-15)20(23(30)24(27)31)22(29)18-14-25-19-7-4-3-6-17(18)19/h3-4,6-11,14,21,25,28-29H,5,12-13H2,1-2H3/b22-20-. The minimum atomic E-state index is -0.726. The first-order valence-corrected chi connectivity index (χ1v) is 10.2. The number of hydrogen-bond donors (Lipinski definition) is 3. The highest BCUT2D eigenvalue weighted by molar-refractivity contribution is 6.46. The molecule has 2 heterocycles. The molecule has 0 saturated carbocycles. The van der Waals surface area contributed by atoms with Crippen molar-refractivity contribution in [3.05, 3.63) is 71.4 Å². The number of ketones is 1. The Bertz CT molecular complexity index is 1160. The molecule has 1 saturated heterocycles. The summed E-state index contributed by atoms with van der Waals surface area (Å²) in [4.78, 5) is 32.6. The number of Topliss-reactive ketones (excluding diaryl/α,β-unsaturated/α-hetero) is 1. The number of nitrogens with one attached hydrogen (secondary N) is 1. The molecule has 31 heavy (non-hydrogen) atoms. The summed E-state index contributed by atoms with van der Waals surface area (Å²) in [5.74, 6) is -1.45. The third-order valence-corrected chi connectivity index (χ3v) is 5.60. The predicted molar refractivity (Wildman–Crippen MR) is 119 cm³/mol. The molecule has 1 atom stereocenters. The van der Waals surface area contributed by atoms with Gasteiger partial charge in [0.25, 0.3) is 11.7 Å². The lowest BCUT2D eigenvalue weighted by Gasteiger charge is -2.26. The lowest BCUT2D eigenvalue weighted by molar-refractivity contribution is -0.139. The molecule has 1 aliphatic heterocycles. The van der Waals surface area contributed by atoms with Crippen molar-refractivity contribution in [1.29, 1.82) is 0 Å². The number of aromatic hydroxyl groups is 1. The van der Waals surface area contributed by atoms with Gasteiger partial charge in [0.2, 0.25) is 0 Å². The topological polar surface area (TPSA) is 96.9 Å². The third-order valence-electron chi connectivity index (χ3n) is 5.60. The lowest BCUT2D eigenvalue weighted by Crippen LogP contribution is -2.32. The zero-order valence-electron chi connectivity index (χ0n) is 17.5. The van der Waals surface area contributed by atoms with E-state index >= 15 is 0 Å². The summed E-state index contributed by atoms with van der Waals surface area (Å²) in [6.07, 6.45) is 2.33. The summed E-state index contributed by atoms with van der Waals surface area (Å²) in [7, 11) is 3.89. The Morgan fingerprint density at radius 3 is 2.52 bits per heavy atom. The van der Waals surface area contributed by atoms with Crippen molar-refractivity contribution in [3.63, 3.8) is 0 Å². The maximum absolute atomic E-state index is 13.1. The number of aromatic nitrogens is 1. The van der Waals surface area contributed by atoms with Crippen LogP contribution in [0.2, 0.25) is 0 Å². The molecule has 2 aromatic carbocycles. The molecule has 7 nitrogen and oxygen atoms in total. The van der Waals surface area contributed by atoms with E-state index in [2.05, 4.69) is 4.98 Å². The number of hydrogen-bond acceptors (Lipinski definition) is 5. The van der Waals surface area contributed by atoms with Gasteiger partial charge in [0.1, 0.15) is 11.5 Å². The van der Waals surface area contributed by atoms with Crippen LogP contribution in [0.3, 0.4) is 0 Å². The van der Waals surface area contributed by atoms with Crippen molar-refractivity contribution in [2.75, 3.05) is 27.2 Å². The molecule has 1 unspecified atom stereocenters. The van der Waals surface area contributed by atoms with Crippen molar-refractivity contribution in [3.8, 4) is 5.75 Å². The average molecular weight is 419 g/mol. The number of nitrogens with zero attached hydrogens (tertiary/aromatic N) is 2. The Balaban J connectivity index is 1.83. The molecule has 1 amide bonds. The van der Waals surface area contributed by atoms with Gasteiger partial charge >= 0.3 is 0 Å². The number of H-pyrrole nitrogens is 1. The Hall–Kier alpha value is -3.58. The Labute approximate surface area is 180 Å². The predicted octanol–water partition coefficient (Wildman–Crippen LogP) is 3.25. The zero-order chi connectivity index (χ0) is 22.1. The highest BCUT2D eigenvalue weighted by Gasteiger charge is 2.46. The maximum atomic E-state index is 13.1. The lowest BCUT2D eigenvalue weighted by atomic mass is 9.95. The van der Waals surface area contributed by atoms with E-state index in [9.17, 15) is 19.8 Å². The number of aliphatic hydroxyl groups is 1. The second-order valence-corrected chi connectivity index (χ2v) is 7.99. The molecular formula is C24H25N3O4. The van der Waals surface area contributed by atoms with Gasteiger partial charge in [-0.25, -0.2) is 0 Å². The second-order valence-electron chi connectivity index (χ2n) is 7.99. The fourth-order valence-electron chi connectivity index (χ4n) is 4.08. The molecule has 3 N–H and O–H groups in total. The number of carbonyl (C=O) groups is 2. The van der Waals surface area contributed by atoms with Gasteiger partial charge in [-0.3, -0.25) is 9.59 Å². The van der Waals surface area contributed by atoms with Crippen molar-refractivity contribution < 1.29 is 19.8 Å². The van der Waals surface area contributed by atoms with Crippen molar-refractivity contribution in [2.45, 2.75) is 12.5 Å². The van der Waals surface area contributed by atoms with E-state index in [1.54, 1.807) is 18.3 Å². The molecule has 4 rings (SSSR count). The largest absolute Gasteiger partial charge is 0.508 e. The Morgan fingerprint density at radius 2 is 1.81 bits per heavy atom. The van der Waals surface area contributed by atoms with E-state index in [4.69, 9.17) is 0 Å². The number of benzene rings is 2. The number of likely N-dealkylation sites (tertiary alicyclic amines) is 1. The van der Waals surface area contributed by atoms with Crippen LogP contribution in [0.15, 0.2) is 60.3 Å². The van der Waals surface area contributed by atoms with Crippen LogP contribution < -0.4 is 0 Å². The highest BCUT2D eigenvalue weighted by atomic mass is 16.3. The van der Waals surface area contributed by atoms with Crippen molar-refractivity contribution >= 4 is 28.4 Å². The molecule has 1 aromatic heterocycles. The van der Waals surface area contributed by atoms with Crippen molar-refractivity contribution in [1.82, 2.24) is 14.8 Å². The summed E-state index contributed by atoms with van der Waals surface area (Å²) < 4.78 is 0. The van der Waals surface area contributed by atoms with E-state index in [0.29, 0.717) is 24.1 Å². The average Bonchev–Trinajstić information content (AvgIpc) is 3.28. The van der Waals surface area contributed by atoms with E-state index in [0.717, 1.165) is 17.4 Å². The molecule has 1 aliphatic rings. The van der Waals surface area contributed by atoms with Gasteiger partial charge in [-0.05, 0) is 50.8 Å². The fraction of sp³-hybridized carbons (Fsp3) is 0.250. The van der Waals surface area contributed by atoms with Crippen LogP contribution in [0.4, 0.5) is 0 Å². The number of para-hydroxylation sites is 1. The molecule has 3 aromatic rings. The summed E-state index contributed by atoms with van der Waals surface area (Å²) >= 11 is 0. The fourth-order valence-corrected chi connectivity index (χ4v) is 4.08. The zero-order valence-corrected chi connectivity index (χ0v) is 17.5. The van der Waals surface area contributed by atoms with Crippen LogP contribution in [0.25, 0.3) is 16.7 Å². The van der Waals surface area contributed by atoms with Gasteiger partial charge in [-0.15, -0.1) is 0 Å². The molecule has 7 heteroatoms. The first kappa shape index (κ1) is 20.7. The van der Waals surface area contributed by atoms with Crippen LogP contribution in [-0.2, 0) is 9.59 Å². The second kappa shape index (κ2) is 8.28. The van der Waals surface area contributed by atoms with Gasteiger partial charge in [-0.2, -0.15) is 0 Å². The quantitative estimate of drug-likeness (QED) is 0.324. The van der Waals surface area contributed by atoms with Crippen LogP contribution in [0.1, 0.15) is 23.6 Å². The summed E-state index contributed by atoms with van der Waals surface area (Å²) in [6.45, 7) is 1.13. The molecular weight excluding hydrogens is 394 g/mol. The number of phenols is 1. The summed E-state index contributed by atoms with van der Waals surface area (Å²) in [6, 6.07) is 13.1. The smallest absolute Gasteiger partial charge is 0.295 e. The van der Waals surface area contributed by atoms with Gasteiger partial charge in [0.15, 0.2) is 0 Å². The number of fused-ring (bicyclic) bond motifs is 1. The van der Waals surface area contributed by atoms with Crippen LogP contribution in [-0.4, -0.2) is 63.9 Å². The van der Waals surface area contributed by atoms with Gasteiger partial charge in [0.05, 0.1) is 11.6 Å². The number of aromatic amines is 1. The SMILES string of the molecule is CN(C)CCCN1C(=O)C(=O)/C(=C(\O)c2c[nH]c3ccccc23)C1c1ccc(O)cc1. The molecule has 0 radical (unpaired) electrons. The highest BCUT2D eigenvalue weighted by Crippen LogP contribution is 2.40. The molecule has 0 aliphatic carbocycles. The van der Waals surface area contributed by atoms with Gasteiger partial charge in [0, 0.05) is 29.2 Å². The number of carbonyl (C=O) groups excluding carboxylic acids is 2. The molecule has 0 spiro atoms. The number of aliphatic hydroxyl groups excluding tert-OH is 1. The van der Waals surface area contributed by atoms with E-state index in [1.165, 1.54) is 17.0 Å². The van der Waals surface area contributed by atoms with Crippen LogP contribution >= 0.6 is 0 Å². The summed E-state index contributed by atoms with van der Waals surface area (Å²) in [5.41, 5.74) is 2.02. The normalized spacial score (nSPS) is 18.4. The number of amides is 1. The van der Waals surface area contributed by atoms with Crippen LogP contribution in [0, 0.1) is 0 Å². The Morgan fingerprint density at radius 1 is 1.10 bits per heavy atom. The molecule has 0 bridgehead atoms.